The van der Waals surface area contributed by atoms with E-state index in [0.29, 0.717) is 25.9 Å². The minimum absolute atomic E-state index is 0.00706. The van der Waals surface area contributed by atoms with Crippen molar-refractivity contribution in [3.63, 3.8) is 0 Å². The van der Waals surface area contributed by atoms with Gasteiger partial charge in [-0.25, -0.2) is 0 Å². The third-order valence-corrected chi connectivity index (χ3v) is 13.6. The molecule has 0 aromatic rings. The maximum atomic E-state index is 12.5. The Labute approximate surface area is 399 Å². The van der Waals surface area contributed by atoms with E-state index in [1.807, 2.05) is 0 Å². The van der Waals surface area contributed by atoms with E-state index >= 15 is 0 Å². The molecule has 64 heavy (non-hydrogen) atoms. The van der Waals surface area contributed by atoms with Crippen molar-refractivity contribution in [3.05, 3.63) is 12.2 Å². The van der Waals surface area contributed by atoms with E-state index in [2.05, 4.69) is 31.3 Å². The number of unbranched alkanes of at least 4 members (excludes halogenated alkanes) is 41. The average Bonchev–Trinajstić information content (AvgIpc) is 3.29. The molecule has 0 rings (SSSR count). The second-order valence-electron chi connectivity index (χ2n) is 20.0. The summed E-state index contributed by atoms with van der Waals surface area (Å²) in [6.07, 6.45) is 63.4. The number of hydrogen-bond donors (Lipinski definition) is 3. The number of aliphatic hydroxyl groups is 2. The molecule has 380 valence electrons. The predicted octanol–water partition coefficient (Wildman–Crippen LogP) is 17.7. The fourth-order valence-electron chi connectivity index (χ4n) is 9.11. The van der Waals surface area contributed by atoms with E-state index in [1.165, 1.54) is 238 Å². The van der Waals surface area contributed by atoms with E-state index in [4.69, 9.17) is 4.74 Å². The number of ether oxygens (including phenoxy) is 1. The van der Waals surface area contributed by atoms with E-state index in [0.717, 1.165) is 51.4 Å². The third kappa shape index (κ3) is 50.0. The lowest BCUT2D eigenvalue weighted by atomic mass is 10.0. The first-order valence-electron chi connectivity index (χ1n) is 28.9. The molecule has 0 aromatic heterocycles. The summed E-state index contributed by atoms with van der Waals surface area (Å²) in [5, 5.41) is 23.3. The van der Waals surface area contributed by atoms with Gasteiger partial charge in [-0.15, -0.1) is 0 Å². The normalized spacial score (nSPS) is 12.6. The molecule has 1 amide bonds. The molecule has 0 aliphatic carbocycles. The van der Waals surface area contributed by atoms with Crippen LogP contribution in [-0.2, 0) is 14.3 Å². The summed E-state index contributed by atoms with van der Waals surface area (Å²) in [6, 6.07) is -0.548. The topological polar surface area (TPSA) is 95.9 Å². The van der Waals surface area contributed by atoms with E-state index in [9.17, 15) is 19.8 Å². The van der Waals surface area contributed by atoms with E-state index in [-0.39, 0.29) is 18.5 Å². The van der Waals surface area contributed by atoms with E-state index in [1.54, 1.807) is 0 Å². The highest BCUT2D eigenvalue weighted by atomic mass is 16.5. The molecule has 0 saturated heterocycles. The Morgan fingerprint density at radius 1 is 0.422 bits per heavy atom. The molecule has 0 aliphatic rings. The molecule has 0 aliphatic heterocycles. The molecule has 3 N–H and O–H groups in total. The lowest BCUT2D eigenvalue weighted by Gasteiger charge is -2.22. The van der Waals surface area contributed by atoms with Crippen LogP contribution in [0.5, 0.6) is 0 Å². The van der Waals surface area contributed by atoms with Crippen LogP contribution in [0, 0.1) is 0 Å². The van der Waals surface area contributed by atoms with Crippen LogP contribution in [0.1, 0.15) is 322 Å². The van der Waals surface area contributed by atoms with Gasteiger partial charge < -0.3 is 20.3 Å². The van der Waals surface area contributed by atoms with Crippen molar-refractivity contribution >= 4 is 11.9 Å². The van der Waals surface area contributed by atoms with Crippen LogP contribution in [0.25, 0.3) is 0 Å². The summed E-state index contributed by atoms with van der Waals surface area (Å²) >= 11 is 0. The molecule has 0 radical (unpaired) electrons. The number of carbonyl (C=O) groups excluding carboxylic acids is 2. The minimum atomic E-state index is -0.670. The Bertz CT molecular complexity index is 955. The highest BCUT2D eigenvalue weighted by Gasteiger charge is 2.20. The number of carbonyl (C=O) groups is 2. The van der Waals surface area contributed by atoms with Crippen LogP contribution in [0.3, 0.4) is 0 Å². The van der Waals surface area contributed by atoms with Gasteiger partial charge >= 0.3 is 5.97 Å². The van der Waals surface area contributed by atoms with Crippen LogP contribution in [0.4, 0.5) is 0 Å². The highest BCUT2D eigenvalue weighted by molar-refractivity contribution is 5.76. The summed E-state index contributed by atoms with van der Waals surface area (Å²) < 4.78 is 5.47. The SMILES string of the molecule is CCCCCCC/C=C\CCCCCCCC(=O)OCCCCCCCCCCCCCCCCCC(=O)NC(CO)C(O)CCCCCCCCCCCCCCCCCCCC. The van der Waals surface area contributed by atoms with Gasteiger partial charge in [0.1, 0.15) is 0 Å². The first kappa shape index (κ1) is 62.6. The van der Waals surface area contributed by atoms with Crippen LogP contribution in [0.15, 0.2) is 12.2 Å². The van der Waals surface area contributed by atoms with Crippen molar-refractivity contribution in [1.29, 1.82) is 0 Å². The highest BCUT2D eigenvalue weighted by Crippen LogP contribution is 2.17. The fraction of sp³-hybridized carbons (Fsp3) is 0.931. The monoisotopic (exact) mass is 904 g/mol. The van der Waals surface area contributed by atoms with Crippen molar-refractivity contribution in [2.24, 2.45) is 0 Å². The van der Waals surface area contributed by atoms with Crippen LogP contribution < -0.4 is 5.32 Å². The van der Waals surface area contributed by atoms with Gasteiger partial charge in [-0.2, -0.15) is 0 Å². The number of nitrogens with one attached hydrogen (secondary N) is 1. The summed E-state index contributed by atoms with van der Waals surface area (Å²) in [5.74, 6) is -0.0480. The molecule has 0 saturated carbocycles. The molecule has 6 heteroatoms. The molecule has 0 aromatic carbocycles. The zero-order valence-electron chi connectivity index (χ0n) is 43.3. The number of amides is 1. The predicted molar refractivity (Wildman–Crippen MR) is 278 cm³/mol. The molecule has 0 spiro atoms. The number of rotatable bonds is 54. The molecule has 0 fully saturated rings. The number of esters is 1. The van der Waals surface area contributed by atoms with Crippen LogP contribution in [-0.4, -0.2) is 47.4 Å². The molecular formula is C58H113NO5. The summed E-state index contributed by atoms with van der Waals surface area (Å²) in [4.78, 5) is 24.5. The first-order chi connectivity index (χ1) is 31.5. The number of hydrogen-bond acceptors (Lipinski definition) is 5. The first-order valence-corrected chi connectivity index (χ1v) is 28.9. The molecule has 6 nitrogen and oxygen atoms in total. The molecular weight excluding hydrogens is 791 g/mol. The Morgan fingerprint density at radius 3 is 1.11 bits per heavy atom. The number of allylic oxidation sites excluding steroid dienone is 2. The number of aliphatic hydroxyl groups excluding tert-OH is 2. The van der Waals surface area contributed by atoms with Crippen molar-refractivity contribution in [2.75, 3.05) is 13.2 Å². The van der Waals surface area contributed by atoms with Crippen LogP contribution in [0.2, 0.25) is 0 Å². The summed E-state index contributed by atoms with van der Waals surface area (Å²) in [5.41, 5.74) is 0. The van der Waals surface area contributed by atoms with Crippen molar-refractivity contribution < 1.29 is 24.5 Å². The lowest BCUT2D eigenvalue weighted by Crippen LogP contribution is -2.45. The average molecular weight is 905 g/mol. The van der Waals surface area contributed by atoms with Crippen LogP contribution >= 0.6 is 0 Å². The van der Waals surface area contributed by atoms with E-state index < -0.39 is 12.1 Å². The quantitative estimate of drug-likeness (QED) is 0.0321. The Balaban J connectivity index is 3.43. The Morgan fingerprint density at radius 2 is 0.734 bits per heavy atom. The lowest BCUT2D eigenvalue weighted by molar-refractivity contribution is -0.143. The minimum Gasteiger partial charge on any atom is -0.466 e. The summed E-state index contributed by atoms with van der Waals surface area (Å²) in [7, 11) is 0. The maximum Gasteiger partial charge on any atom is 0.305 e. The second kappa shape index (κ2) is 54.2. The van der Waals surface area contributed by atoms with Gasteiger partial charge in [0, 0.05) is 12.8 Å². The van der Waals surface area contributed by atoms with Gasteiger partial charge in [-0.3, -0.25) is 9.59 Å². The Hall–Kier alpha value is -1.40. The standard InChI is InChI=1S/C58H113NO5/c1-3-5-7-9-11-13-15-17-19-20-21-23-26-30-34-38-42-46-50-56(61)55(54-60)59-57(62)51-47-43-39-35-31-27-24-22-25-29-33-37-41-45-49-53-64-58(63)52-48-44-40-36-32-28-18-16-14-12-10-8-6-4-2/h16,18,55-56,60-61H,3-15,17,19-54H2,1-2H3,(H,59,62)/b18-16-. The van der Waals surface area contributed by atoms with Crippen molar-refractivity contribution in [2.45, 2.75) is 334 Å². The van der Waals surface area contributed by atoms with Gasteiger partial charge in [-0.05, 0) is 51.4 Å². The van der Waals surface area contributed by atoms with Gasteiger partial charge in [0.05, 0.1) is 25.4 Å². The zero-order valence-corrected chi connectivity index (χ0v) is 43.3. The third-order valence-electron chi connectivity index (χ3n) is 13.6. The molecule has 0 bridgehead atoms. The zero-order chi connectivity index (χ0) is 46.5. The maximum absolute atomic E-state index is 12.5. The summed E-state index contributed by atoms with van der Waals surface area (Å²) in [6.45, 7) is 4.94. The van der Waals surface area contributed by atoms with Gasteiger partial charge in [0.25, 0.3) is 0 Å². The molecule has 0 heterocycles. The van der Waals surface area contributed by atoms with Crippen molar-refractivity contribution in [3.8, 4) is 0 Å². The fourth-order valence-corrected chi connectivity index (χ4v) is 9.11. The Kier molecular flexibility index (Phi) is 53.0. The smallest absolute Gasteiger partial charge is 0.305 e. The molecule has 2 unspecified atom stereocenters. The van der Waals surface area contributed by atoms with Gasteiger partial charge in [0.15, 0.2) is 0 Å². The largest absolute Gasteiger partial charge is 0.466 e. The van der Waals surface area contributed by atoms with Gasteiger partial charge in [-0.1, -0.05) is 270 Å². The van der Waals surface area contributed by atoms with Crippen molar-refractivity contribution in [1.82, 2.24) is 5.32 Å². The van der Waals surface area contributed by atoms with Gasteiger partial charge in [0.2, 0.25) is 5.91 Å². The molecule has 2 atom stereocenters. The second-order valence-corrected chi connectivity index (χ2v) is 20.0.